The van der Waals surface area contributed by atoms with Gasteiger partial charge >= 0.3 is 6.03 Å². The fraction of sp³-hybridized carbons (Fsp3) is 0.556. The van der Waals surface area contributed by atoms with Crippen LogP contribution in [0.1, 0.15) is 24.8 Å². The summed E-state index contributed by atoms with van der Waals surface area (Å²) in [4.78, 5) is 30.7. The average Bonchev–Trinajstić information content (AvgIpc) is 3.36. The van der Waals surface area contributed by atoms with Gasteiger partial charge in [0.1, 0.15) is 0 Å². The molecule has 0 unspecified atom stereocenters. The van der Waals surface area contributed by atoms with Gasteiger partial charge in [-0.15, -0.1) is 0 Å². The maximum atomic E-state index is 12.7. The average molecular weight is 328 g/mol. The molecule has 1 N–H and O–H groups in total. The molecule has 6 heteroatoms. The molecule has 0 bridgehead atoms. The lowest BCUT2D eigenvalue weighted by Crippen LogP contribution is -2.46. The third-order valence-corrected chi connectivity index (χ3v) is 5.23. The fourth-order valence-electron chi connectivity index (χ4n) is 3.70. The largest absolute Gasteiger partial charge is 0.373 e. The molecule has 0 radical (unpaired) electrons. The van der Waals surface area contributed by atoms with Gasteiger partial charge in [0.15, 0.2) is 0 Å². The predicted octanol–water partition coefficient (Wildman–Crippen LogP) is 1.41. The van der Waals surface area contributed by atoms with Crippen molar-refractivity contribution in [1.29, 1.82) is 0 Å². The minimum Gasteiger partial charge on any atom is -0.373 e. The van der Waals surface area contributed by atoms with Gasteiger partial charge in [0.2, 0.25) is 5.91 Å². The number of nitrogens with zero attached hydrogens (tertiary/aromatic N) is 3. The number of carbonyl (C=O) groups is 2. The topological polar surface area (TPSA) is 55.9 Å². The van der Waals surface area contributed by atoms with Gasteiger partial charge < -0.3 is 20.0 Å². The van der Waals surface area contributed by atoms with Crippen LogP contribution < -0.4 is 10.2 Å². The number of nitrogens with one attached hydrogen (secondary N) is 1. The first-order valence-electron chi connectivity index (χ1n) is 8.76. The van der Waals surface area contributed by atoms with E-state index in [0.717, 1.165) is 24.9 Å². The molecule has 3 amide bonds. The third kappa shape index (κ3) is 2.92. The van der Waals surface area contributed by atoms with Gasteiger partial charge in [-0.05, 0) is 24.5 Å². The Labute approximate surface area is 142 Å². The first-order chi connectivity index (χ1) is 11.6. The monoisotopic (exact) mass is 328 g/mol. The molecule has 2 fully saturated rings. The molecule has 24 heavy (non-hydrogen) atoms. The number of likely N-dealkylation sites (N-methyl/N-ethyl adjacent to an activating group) is 1. The molecule has 4 rings (SSSR count). The van der Waals surface area contributed by atoms with E-state index in [0.29, 0.717) is 32.1 Å². The fourth-order valence-corrected chi connectivity index (χ4v) is 3.70. The Morgan fingerprint density at radius 3 is 2.79 bits per heavy atom. The first-order valence-corrected chi connectivity index (χ1v) is 8.76. The summed E-state index contributed by atoms with van der Waals surface area (Å²) in [5.74, 6) is 0.184. The summed E-state index contributed by atoms with van der Waals surface area (Å²) in [7, 11) is 2.06. The Morgan fingerprint density at radius 2 is 2.00 bits per heavy atom. The number of likely N-dealkylation sites (tertiary alicyclic amines) is 1. The number of carbonyl (C=O) groups excluding carboxylic acids is 2. The summed E-state index contributed by atoms with van der Waals surface area (Å²) in [5, 5.41) is 3.07. The molecule has 128 valence electrons. The van der Waals surface area contributed by atoms with Crippen LogP contribution in [0.2, 0.25) is 0 Å². The SMILES string of the molecule is CN1CCN(C(=O)N[C@@H]2CC(=O)N(C3CC3)C2)Cc2ccccc21. The van der Waals surface area contributed by atoms with Crippen LogP contribution in [0, 0.1) is 0 Å². The third-order valence-electron chi connectivity index (χ3n) is 5.23. The van der Waals surface area contributed by atoms with E-state index >= 15 is 0 Å². The number of rotatable bonds is 2. The zero-order valence-electron chi connectivity index (χ0n) is 14.1. The standard InChI is InChI=1S/C18H24N4O2/c1-20-8-9-21(11-13-4-2-3-5-16(13)20)18(24)19-14-10-17(23)22(12-14)15-6-7-15/h2-5,14-15H,6-12H2,1H3,(H,19,24)/t14-/m1/s1. The highest BCUT2D eigenvalue weighted by Gasteiger charge is 2.40. The lowest BCUT2D eigenvalue weighted by Gasteiger charge is -2.24. The smallest absolute Gasteiger partial charge is 0.318 e. The Kier molecular flexibility index (Phi) is 3.82. The highest BCUT2D eigenvalue weighted by Crippen LogP contribution is 2.30. The lowest BCUT2D eigenvalue weighted by molar-refractivity contribution is -0.128. The Bertz CT molecular complexity index is 658. The van der Waals surface area contributed by atoms with E-state index in [1.54, 1.807) is 0 Å². The zero-order valence-corrected chi connectivity index (χ0v) is 14.1. The zero-order chi connectivity index (χ0) is 16.7. The van der Waals surface area contributed by atoms with Crippen LogP contribution in [0.15, 0.2) is 24.3 Å². The van der Waals surface area contributed by atoms with Crippen molar-refractivity contribution >= 4 is 17.6 Å². The van der Waals surface area contributed by atoms with Crippen molar-refractivity contribution in [2.24, 2.45) is 0 Å². The van der Waals surface area contributed by atoms with Crippen LogP contribution in [0.3, 0.4) is 0 Å². The molecule has 1 aromatic carbocycles. The van der Waals surface area contributed by atoms with Crippen LogP contribution in [0.4, 0.5) is 10.5 Å². The maximum Gasteiger partial charge on any atom is 0.318 e. The molecule has 1 saturated heterocycles. The van der Waals surface area contributed by atoms with E-state index in [1.807, 2.05) is 21.9 Å². The molecule has 3 aliphatic rings. The number of para-hydroxylation sites is 1. The van der Waals surface area contributed by atoms with E-state index < -0.39 is 0 Å². The maximum absolute atomic E-state index is 12.7. The highest BCUT2D eigenvalue weighted by atomic mass is 16.2. The number of hydrogen-bond donors (Lipinski definition) is 1. The van der Waals surface area contributed by atoms with E-state index in [1.165, 1.54) is 5.69 Å². The number of amides is 3. The van der Waals surface area contributed by atoms with E-state index in [4.69, 9.17) is 0 Å². The van der Waals surface area contributed by atoms with Gasteiger partial charge in [-0.2, -0.15) is 0 Å². The van der Waals surface area contributed by atoms with Crippen LogP contribution in [0.5, 0.6) is 0 Å². The van der Waals surface area contributed by atoms with E-state index in [-0.39, 0.29) is 18.0 Å². The van der Waals surface area contributed by atoms with Crippen molar-refractivity contribution < 1.29 is 9.59 Å². The highest BCUT2D eigenvalue weighted by molar-refractivity contribution is 5.82. The summed E-state index contributed by atoms with van der Waals surface area (Å²) >= 11 is 0. The van der Waals surface area contributed by atoms with Crippen molar-refractivity contribution in [3.05, 3.63) is 29.8 Å². The number of fused-ring (bicyclic) bond motifs is 1. The Morgan fingerprint density at radius 1 is 1.21 bits per heavy atom. The van der Waals surface area contributed by atoms with Crippen LogP contribution in [-0.2, 0) is 11.3 Å². The number of benzene rings is 1. The molecule has 1 aliphatic carbocycles. The second-order valence-electron chi connectivity index (χ2n) is 7.10. The normalized spacial score (nSPS) is 24.0. The molecule has 0 spiro atoms. The summed E-state index contributed by atoms with van der Waals surface area (Å²) < 4.78 is 0. The number of anilines is 1. The van der Waals surface area contributed by atoms with Gasteiger partial charge in [0.25, 0.3) is 0 Å². The summed E-state index contributed by atoms with van der Waals surface area (Å²) in [6.45, 7) is 2.77. The van der Waals surface area contributed by atoms with Gasteiger partial charge in [-0.1, -0.05) is 18.2 Å². The molecular weight excluding hydrogens is 304 g/mol. The predicted molar refractivity (Wildman–Crippen MR) is 91.8 cm³/mol. The lowest BCUT2D eigenvalue weighted by atomic mass is 10.1. The molecule has 0 aromatic heterocycles. The minimum atomic E-state index is -0.0597. The van der Waals surface area contributed by atoms with Crippen LogP contribution >= 0.6 is 0 Å². The van der Waals surface area contributed by atoms with E-state index in [9.17, 15) is 9.59 Å². The number of urea groups is 1. The molecule has 2 aliphatic heterocycles. The molecular formula is C18H24N4O2. The van der Waals surface area contributed by atoms with Crippen LogP contribution in [-0.4, -0.2) is 60.5 Å². The molecule has 1 aromatic rings. The Hall–Kier alpha value is -2.24. The minimum absolute atomic E-state index is 0.0539. The second-order valence-corrected chi connectivity index (χ2v) is 7.10. The summed E-state index contributed by atoms with van der Waals surface area (Å²) in [5.41, 5.74) is 2.35. The van der Waals surface area contributed by atoms with Crippen LogP contribution in [0.25, 0.3) is 0 Å². The van der Waals surface area contributed by atoms with Gasteiger partial charge in [0, 0.05) is 51.4 Å². The van der Waals surface area contributed by atoms with Crippen molar-refractivity contribution in [3.8, 4) is 0 Å². The molecule has 2 heterocycles. The van der Waals surface area contributed by atoms with Gasteiger partial charge in [-0.25, -0.2) is 4.79 Å². The van der Waals surface area contributed by atoms with Crippen molar-refractivity contribution in [2.45, 2.75) is 37.9 Å². The molecule has 1 saturated carbocycles. The molecule has 1 atom stereocenters. The number of hydrogen-bond acceptors (Lipinski definition) is 3. The van der Waals surface area contributed by atoms with E-state index in [2.05, 4.69) is 29.4 Å². The quantitative estimate of drug-likeness (QED) is 0.893. The van der Waals surface area contributed by atoms with Crippen molar-refractivity contribution in [3.63, 3.8) is 0 Å². The second kappa shape index (κ2) is 6.00. The first kappa shape index (κ1) is 15.3. The van der Waals surface area contributed by atoms with Gasteiger partial charge in [0.05, 0.1) is 6.04 Å². The van der Waals surface area contributed by atoms with Crippen molar-refractivity contribution in [2.75, 3.05) is 31.6 Å². The van der Waals surface area contributed by atoms with Gasteiger partial charge in [-0.3, -0.25) is 4.79 Å². The summed E-state index contributed by atoms with van der Waals surface area (Å²) in [6, 6.07) is 8.53. The Balaban J connectivity index is 1.41. The molecule has 6 nitrogen and oxygen atoms in total. The summed E-state index contributed by atoms with van der Waals surface area (Å²) in [6.07, 6.45) is 2.66. The van der Waals surface area contributed by atoms with Crippen molar-refractivity contribution in [1.82, 2.24) is 15.1 Å².